The number of non-ortho nitro benzene ring substituents is 1. The smallest absolute Gasteiger partial charge is 0.270 e. The lowest BCUT2D eigenvalue weighted by Crippen LogP contribution is -1.95. The van der Waals surface area contributed by atoms with Crippen LogP contribution < -0.4 is 4.74 Å². The zero-order valence-corrected chi connectivity index (χ0v) is 13.0. The predicted octanol–water partition coefficient (Wildman–Crippen LogP) is 4.58. The lowest BCUT2D eigenvalue weighted by molar-refractivity contribution is -0.384. The Hall–Kier alpha value is -2.21. The molecule has 0 N–H and O–H groups in total. The number of rotatable bonds is 4. The molecule has 2 aromatic carbocycles. The summed E-state index contributed by atoms with van der Waals surface area (Å²) in [5.41, 5.74) is 1.99. The van der Waals surface area contributed by atoms with Crippen molar-refractivity contribution >= 4 is 27.9 Å². The molecule has 0 saturated carbocycles. The van der Waals surface area contributed by atoms with Gasteiger partial charge in [0.15, 0.2) is 6.29 Å². The van der Waals surface area contributed by atoms with Crippen LogP contribution in [0.3, 0.4) is 0 Å². The third-order valence-electron chi connectivity index (χ3n) is 2.97. The maximum Gasteiger partial charge on any atom is 0.270 e. The van der Waals surface area contributed by atoms with Crippen LogP contribution in [0.5, 0.6) is 11.5 Å². The Labute approximate surface area is 129 Å². The summed E-state index contributed by atoms with van der Waals surface area (Å²) in [6.07, 6.45) is 0.543. The van der Waals surface area contributed by atoms with E-state index in [1.807, 2.05) is 26.0 Å². The number of nitro benzene ring substituents is 1. The molecule has 0 aliphatic rings. The van der Waals surface area contributed by atoms with Gasteiger partial charge in [0.25, 0.3) is 5.69 Å². The molecule has 0 spiro atoms. The SMILES string of the molecule is Cc1cc(Oc2ccc([N+](=O)[O-])cc2C=O)cc(C)c1Br. The first kappa shape index (κ1) is 15.2. The van der Waals surface area contributed by atoms with Gasteiger partial charge < -0.3 is 4.74 Å². The summed E-state index contributed by atoms with van der Waals surface area (Å²) in [6, 6.07) is 7.58. The van der Waals surface area contributed by atoms with Crippen LogP contribution >= 0.6 is 15.9 Å². The van der Waals surface area contributed by atoms with E-state index in [0.29, 0.717) is 12.0 Å². The minimum Gasteiger partial charge on any atom is -0.457 e. The number of hydrogen-bond donors (Lipinski definition) is 0. The minimum atomic E-state index is -0.551. The summed E-state index contributed by atoms with van der Waals surface area (Å²) < 4.78 is 6.67. The molecule has 0 amide bonds. The van der Waals surface area contributed by atoms with E-state index in [4.69, 9.17) is 4.74 Å². The molecule has 6 heteroatoms. The van der Waals surface area contributed by atoms with Crippen LogP contribution in [0.4, 0.5) is 5.69 Å². The Bertz CT molecular complexity index is 705. The second kappa shape index (κ2) is 6.05. The Kier molecular flexibility index (Phi) is 4.37. The second-order valence-corrected chi connectivity index (χ2v) is 5.36. The summed E-state index contributed by atoms with van der Waals surface area (Å²) in [7, 11) is 0. The third-order valence-corrected chi connectivity index (χ3v) is 4.22. The van der Waals surface area contributed by atoms with Crippen LogP contribution in [0.25, 0.3) is 0 Å². The average Bonchev–Trinajstić information content (AvgIpc) is 2.44. The van der Waals surface area contributed by atoms with Gasteiger partial charge in [-0.2, -0.15) is 0 Å². The van der Waals surface area contributed by atoms with Gasteiger partial charge in [-0.25, -0.2) is 0 Å². The van der Waals surface area contributed by atoms with Gasteiger partial charge in [-0.05, 0) is 43.2 Å². The first-order chi connectivity index (χ1) is 9.92. The van der Waals surface area contributed by atoms with Crippen molar-refractivity contribution in [3.8, 4) is 11.5 Å². The molecule has 2 rings (SSSR count). The van der Waals surface area contributed by atoms with E-state index in [1.54, 1.807) is 0 Å². The van der Waals surface area contributed by atoms with E-state index in [-0.39, 0.29) is 17.0 Å². The van der Waals surface area contributed by atoms with Gasteiger partial charge >= 0.3 is 0 Å². The van der Waals surface area contributed by atoms with Crippen molar-refractivity contribution in [3.63, 3.8) is 0 Å². The fourth-order valence-corrected chi connectivity index (χ4v) is 2.16. The first-order valence-corrected chi connectivity index (χ1v) is 6.90. The molecule has 2 aromatic rings. The molecule has 0 aromatic heterocycles. The van der Waals surface area contributed by atoms with Crippen molar-refractivity contribution in [3.05, 3.63) is 61.6 Å². The Balaban J connectivity index is 2.40. The number of aldehydes is 1. The zero-order valence-electron chi connectivity index (χ0n) is 11.4. The molecule has 21 heavy (non-hydrogen) atoms. The molecular formula is C15H12BrNO4. The molecule has 0 aliphatic heterocycles. The van der Waals surface area contributed by atoms with Crippen molar-refractivity contribution in [2.24, 2.45) is 0 Å². The highest BCUT2D eigenvalue weighted by atomic mass is 79.9. The van der Waals surface area contributed by atoms with Gasteiger partial charge in [0.2, 0.25) is 0 Å². The van der Waals surface area contributed by atoms with Crippen LogP contribution in [0.1, 0.15) is 21.5 Å². The van der Waals surface area contributed by atoms with Gasteiger partial charge in [-0.15, -0.1) is 0 Å². The van der Waals surface area contributed by atoms with Crippen molar-refractivity contribution in [1.82, 2.24) is 0 Å². The minimum absolute atomic E-state index is 0.141. The number of aryl methyl sites for hydroxylation is 2. The van der Waals surface area contributed by atoms with Crippen molar-refractivity contribution in [2.45, 2.75) is 13.8 Å². The number of nitro groups is 1. The molecule has 0 aliphatic carbocycles. The van der Waals surface area contributed by atoms with Gasteiger partial charge in [-0.3, -0.25) is 14.9 Å². The highest BCUT2D eigenvalue weighted by Gasteiger charge is 2.12. The van der Waals surface area contributed by atoms with Gasteiger partial charge in [0, 0.05) is 16.6 Å². The molecule has 0 unspecified atom stereocenters. The summed E-state index contributed by atoms with van der Waals surface area (Å²) in [5, 5.41) is 10.7. The maximum atomic E-state index is 11.1. The van der Waals surface area contributed by atoms with Crippen molar-refractivity contribution in [2.75, 3.05) is 0 Å². The van der Waals surface area contributed by atoms with E-state index in [1.165, 1.54) is 18.2 Å². The van der Waals surface area contributed by atoms with Crippen molar-refractivity contribution in [1.29, 1.82) is 0 Å². The number of benzene rings is 2. The number of carbonyl (C=O) groups is 1. The molecule has 5 nitrogen and oxygen atoms in total. The average molecular weight is 350 g/mol. The lowest BCUT2D eigenvalue weighted by atomic mass is 10.1. The zero-order chi connectivity index (χ0) is 15.6. The predicted molar refractivity (Wildman–Crippen MR) is 82.2 cm³/mol. The normalized spacial score (nSPS) is 10.2. The number of nitrogens with zero attached hydrogens (tertiary/aromatic N) is 1. The fraction of sp³-hybridized carbons (Fsp3) is 0.133. The summed E-state index contributed by atoms with van der Waals surface area (Å²) in [4.78, 5) is 21.2. The molecule has 108 valence electrons. The second-order valence-electron chi connectivity index (χ2n) is 4.57. The number of halogens is 1. The highest BCUT2D eigenvalue weighted by molar-refractivity contribution is 9.10. The number of ether oxygens (including phenoxy) is 1. The van der Waals surface area contributed by atoms with E-state index in [2.05, 4.69) is 15.9 Å². The molecule has 0 saturated heterocycles. The molecule has 0 radical (unpaired) electrons. The van der Waals surface area contributed by atoms with E-state index in [0.717, 1.165) is 15.6 Å². The van der Waals surface area contributed by atoms with Crippen LogP contribution in [-0.4, -0.2) is 11.2 Å². The largest absolute Gasteiger partial charge is 0.457 e. The maximum absolute atomic E-state index is 11.1. The summed E-state index contributed by atoms with van der Waals surface area (Å²) >= 11 is 3.47. The van der Waals surface area contributed by atoms with Gasteiger partial charge in [-0.1, -0.05) is 15.9 Å². The molecule has 0 heterocycles. The number of carbonyl (C=O) groups excluding carboxylic acids is 1. The van der Waals surface area contributed by atoms with Crippen LogP contribution in [0, 0.1) is 24.0 Å². The van der Waals surface area contributed by atoms with Crippen molar-refractivity contribution < 1.29 is 14.5 Å². The quantitative estimate of drug-likeness (QED) is 0.460. The Morgan fingerprint density at radius 3 is 2.33 bits per heavy atom. The molecular weight excluding hydrogens is 338 g/mol. The van der Waals surface area contributed by atoms with Crippen LogP contribution in [-0.2, 0) is 0 Å². The summed E-state index contributed by atoms with van der Waals surface area (Å²) in [5.74, 6) is 0.863. The Morgan fingerprint density at radius 1 is 1.19 bits per heavy atom. The first-order valence-electron chi connectivity index (χ1n) is 6.10. The van der Waals surface area contributed by atoms with E-state index < -0.39 is 4.92 Å². The van der Waals surface area contributed by atoms with E-state index in [9.17, 15) is 14.9 Å². The highest BCUT2D eigenvalue weighted by Crippen LogP contribution is 2.31. The molecule has 0 atom stereocenters. The molecule has 0 fully saturated rings. The van der Waals surface area contributed by atoms with Gasteiger partial charge in [0.1, 0.15) is 11.5 Å². The van der Waals surface area contributed by atoms with Gasteiger partial charge in [0.05, 0.1) is 10.5 Å². The van der Waals surface area contributed by atoms with Crippen LogP contribution in [0.2, 0.25) is 0 Å². The third kappa shape index (κ3) is 3.28. The topological polar surface area (TPSA) is 69.4 Å². The Morgan fingerprint density at radius 2 is 1.81 bits per heavy atom. The van der Waals surface area contributed by atoms with E-state index >= 15 is 0 Å². The number of hydrogen-bond acceptors (Lipinski definition) is 4. The van der Waals surface area contributed by atoms with Crippen LogP contribution in [0.15, 0.2) is 34.8 Å². The standard InChI is InChI=1S/C15H12BrNO4/c1-9-5-13(6-10(2)15(9)16)21-14-4-3-12(17(19)20)7-11(14)8-18/h3-8H,1-2H3. The lowest BCUT2D eigenvalue weighted by Gasteiger charge is -2.11. The summed E-state index contributed by atoms with van der Waals surface area (Å²) in [6.45, 7) is 3.86. The monoisotopic (exact) mass is 349 g/mol. The fourth-order valence-electron chi connectivity index (χ4n) is 1.93. The molecule has 0 bridgehead atoms.